The van der Waals surface area contributed by atoms with E-state index in [9.17, 15) is 9.59 Å². The van der Waals surface area contributed by atoms with Gasteiger partial charge < -0.3 is 20.9 Å². The molecule has 0 aliphatic rings. The third-order valence-corrected chi connectivity index (χ3v) is 2.83. The van der Waals surface area contributed by atoms with E-state index in [0.717, 1.165) is 0 Å². The number of aromatic carboxylic acids is 1. The molecular weight excluding hydrogens is 286 g/mol. The first-order valence-corrected chi connectivity index (χ1v) is 7.09. The first kappa shape index (κ1) is 17.9. The van der Waals surface area contributed by atoms with Gasteiger partial charge in [-0.05, 0) is 38.8 Å². The number of nitrogens with zero attached hydrogens (tertiary/aromatic N) is 1. The molecule has 0 radical (unpaired) electrons. The molecule has 0 aromatic carbocycles. The van der Waals surface area contributed by atoms with Crippen LogP contribution in [0.25, 0.3) is 0 Å². The van der Waals surface area contributed by atoms with Crippen molar-refractivity contribution in [3.8, 4) is 0 Å². The van der Waals surface area contributed by atoms with E-state index >= 15 is 0 Å². The maximum Gasteiger partial charge on any atom is 0.407 e. The van der Waals surface area contributed by atoms with Crippen molar-refractivity contribution in [2.24, 2.45) is 5.73 Å². The van der Waals surface area contributed by atoms with Crippen LogP contribution in [0.2, 0.25) is 0 Å². The quantitative estimate of drug-likeness (QED) is 0.765. The van der Waals surface area contributed by atoms with Gasteiger partial charge in [-0.3, -0.25) is 0 Å². The van der Waals surface area contributed by atoms with Gasteiger partial charge in [0.25, 0.3) is 0 Å². The summed E-state index contributed by atoms with van der Waals surface area (Å²) in [5, 5.41) is 11.7. The Labute approximate surface area is 129 Å². The zero-order valence-corrected chi connectivity index (χ0v) is 13.3. The minimum atomic E-state index is -1.09. The summed E-state index contributed by atoms with van der Waals surface area (Å²) < 4.78 is 5.10. The molecule has 0 bridgehead atoms. The average Bonchev–Trinajstić information content (AvgIpc) is 2.42. The number of nitrogens with one attached hydrogen (secondary N) is 1. The number of alkyl carbamates (subject to hydrolysis) is 1. The molecule has 1 aromatic rings. The van der Waals surface area contributed by atoms with Crippen molar-refractivity contribution in [2.45, 2.75) is 45.8 Å². The van der Waals surface area contributed by atoms with E-state index < -0.39 is 23.7 Å². The van der Waals surface area contributed by atoms with Crippen molar-refractivity contribution in [1.82, 2.24) is 10.3 Å². The number of amides is 1. The number of ether oxygens (including phenoxy) is 1. The number of nitrogens with two attached hydrogens (primary N) is 1. The molecule has 1 heterocycles. The predicted molar refractivity (Wildman–Crippen MR) is 81.7 cm³/mol. The number of rotatable bonds is 5. The second-order valence-electron chi connectivity index (χ2n) is 5.89. The van der Waals surface area contributed by atoms with Crippen LogP contribution in [0.5, 0.6) is 0 Å². The monoisotopic (exact) mass is 309 g/mol. The Kier molecular flexibility index (Phi) is 5.87. The van der Waals surface area contributed by atoms with E-state index in [2.05, 4.69) is 10.3 Å². The zero-order chi connectivity index (χ0) is 16.9. The van der Waals surface area contributed by atoms with Crippen molar-refractivity contribution < 1.29 is 19.4 Å². The minimum absolute atomic E-state index is 0.00674. The molecule has 0 fully saturated rings. The van der Waals surface area contributed by atoms with Crippen LogP contribution in [-0.2, 0) is 11.2 Å². The number of hydrogen-bond donors (Lipinski definition) is 3. The van der Waals surface area contributed by atoms with Gasteiger partial charge in [-0.25, -0.2) is 14.6 Å². The molecule has 0 saturated carbocycles. The normalized spacial score (nSPS) is 12.6. The van der Waals surface area contributed by atoms with Crippen molar-refractivity contribution in [1.29, 1.82) is 0 Å². The first-order valence-electron chi connectivity index (χ1n) is 7.09. The highest BCUT2D eigenvalue weighted by molar-refractivity contribution is 5.87. The smallest absolute Gasteiger partial charge is 0.407 e. The Morgan fingerprint density at radius 3 is 2.55 bits per heavy atom. The molecule has 22 heavy (non-hydrogen) atoms. The highest BCUT2D eigenvalue weighted by atomic mass is 16.6. The third kappa shape index (κ3) is 5.33. The fourth-order valence-corrected chi connectivity index (χ4v) is 1.79. The second kappa shape index (κ2) is 7.22. The number of aromatic nitrogens is 1. The predicted octanol–water partition coefficient (Wildman–Crippen LogP) is 1.87. The minimum Gasteiger partial charge on any atom is -0.477 e. The Bertz CT molecular complexity index is 552. The molecule has 122 valence electrons. The van der Waals surface area contributed by atoms with Crippen LogP contribution in [0.3, 0.4) is 0 Å². The van der Waals surface area contributed by atoms with E-state index in [4.69, 9.17) is 15.6 Å². The van der Waals surface area contributed by atoms with Crippen LogP contribution >= 0.6 is 0 Å². The Morgan fingerprint density at radius 1 is 1.41 bits per heavy atom. The number of carboxylic acid groups (broad SMARTS) is 1. The van der Waals surface area contributed by atoms with Gasteiger partial charge in [0.15, 0.2) is 5.69 Å². The Balaban J connectivity index is 2.74. The molecule has 0 aliphatic heterocycles. The summed E-state index contributed by atoms with van der Waals surface area (Å²) in [6.07, 6.45) is -0.00748. The molecule has 1 atom stereocenters. The SMILES string of the molecule is CCc1ccc(C(N)CNC(=O)OC(C)(C)C)nc1C(=O)O. The molecule has 7 nitrogen and oxygen atoms in total. The van der Waals surface area contributed by atoms with E-state index in [-0.39, 0.29) is 12.2 Å². The van der Waals surface area contributed by atoms with Gasteiger partial charge in [0.1, 0.15) is 5.60 Å². The number of carbonyl (C=O) groups excluding carboxylic acids is 1. The molecule has 1 unspecified atom stereocenters. The highest BCUT2D eigenvalue weighted by Crippen LogP contribution is 2.13. The summed E-state index contributed by atoms with van der Waals surface area (Å²) >= 11 is 0. The fourth-order valence-electron chi connectivity index (χ4n) is 1.79. The third-order valence-electron chi connectivity index (χ3n) is 2.83. The van der Waals surface area contributed by atoms with Crippen LogP contribution in [0.1, 0.15) is 55.5 Å². The zero-order valence-electron chi connectivity index (χ0n) is 13.3. The van der Waals surface area contributed by atoms with Crippen molar-refractivity contribution in [3.05, 3.63) is 29.1 Å². The lowest BCUT2D eigenvalue weighted by molar-refractivity contribution is 0.0523. The van der Waals surface area contributed by atoms with Gasteiger partial charge in [0.2, 0.25) is 0 Å². The summed E-state index contributed by atoms with van der Waals surface area (Å²) in [5.41, 5.74) is 6.39. The van der Waals surface area contributed by atoms with E-state index in [1.54, 1.807) is 32.9 Å². The lowest BCUT2D eigenvalue weighted by Gasteiger charge is -2.20. The van der Waals surface area contributed by atoms with E-state index in [0.29, 0.717) is 17.7 Å². The molecule has 0 saturated heterocycles. The number of carboxylic acids is 1. The lowest BCUT2D eigenvalue weighted by Crippen LogP contribution is -2.37. The van der Waals surface area contributed by atoms with E-state index in [1.807, 2.05) is 6.92 Å². The largest absolute Gasteiger partial charge is 0.477 e. The van der Waals surface area contributed by atoms with Crippen LogP contribution in [0, 0.1) is 0 Å². The van der Waals surface area contributed by atoms with Crippen molar-refractivity contribution in [2.75, 3.05) is 6.54 Å². The molecule has 0 aliphatic carbocycles. The number of carbonyl (C=O) groups is 2. The fraction of sp³-hybridized carbons (Fsp3) is 0.533. The average molecular weight is 309 g/mol. The summed E-state index contributed by atoms with van der Waals surface area (Å²) in [5.74, 6) is -1.09. The van der Waals surface area contributed by atoms with Gasteiger partial charge in [0, 0.05) is 6.54 Å². The van der Waals surface area contributed by atoms with Gasteiger partial charge >= 0.3 is 12.1 Å². The molecule has 1 aromatic heterocycles. The van der Waals surface area contributed by atoms with Crippen LogP contribution in [-0.4, -0.2) is 34.3 Å². The van der Waals surface area contributed by atoms with Gasteiger partial charge in [-0.2, -0.15) is 0 Å². The molecule has 0 spiro atoms. The van der Waals surface area contributed by atoms with Crippen LogP contribution in [0.15, 0.2) is 12.1 Å². The molecule has 7 heteroatoms. The number of pyridine rings is 1. The first-order chi connectivity index (χ1) is 10.1. The van der Waals surface area contributed by atoms with Crippen molar-refractivity contribution >= 4 is 12.1 Å². The second-order valence-corrected chi connectivity index (χ2v) is 5.89. The summed E-state index contributed by atoms with van der Waals surface area (Å²) in [7, 11) is 0. The standard InChI is InChI=1S/C15H23N3O4/c1-5-9-6-7-11(18-12(9)13(19)20)10(16)8-17-14(21)22-15(2,3)4/h6-7,10H,5,8,16H2,1-4H3,(H,17,21)(H,19,20). The maximum atomic E-state index is 11.6. The summed E-state index contributed by atoms with van der Waals surface area (Å²) in [4.78, 5) is 26.8. The number of hydrogen-bond acceptors (Lipinski definition) is 5. The molecule has 1 amide bonds. The lowest BCUT2D eigenvalue weighted by atomic mass is 10.1. The van der Waals surface area contributed by atoms with E-state index in [1.165, 1.54) is 0 Å². The van der Waals surface area contributed by atoms with Gasteiger partial charge in [-0.15, -0.1) is 0 Å². The topological polar surface area (TPSA) is 115 Å². The van der Waals surface area contributed by atoms with Crippen LogP contribution < -0.4 is 11.1 Å². The Hall–Kier alpha value is -2.15. The molecule has 1 rings (SSSR count). The van der Waals surface area contributed by atoms with Crippen molar-refractivity contribution in [3.63, 3.8) is 0 Å². The number of aryl methyl sites for hydroxylation is 1. The van der Waals surface area contributed by atoms with Gasteiger partial charge in [-0.1, -0.05) is 13.0 Å². The summed E-state index contributed by atoms with van der Waals surface area (Å²) in [6.45, 7) is 7.24. The highest BCUT2D eigenvalue weighted by Gasteiger charge is 2.18. The Morgan fingerprint density at radius 2 is 2.05 bits per heavy atom. The maximum absolute atomic E-state index is 11.6. The molecule has 4 N–H and O–H groups in total. The molecular formula is C15H23N3O4. The summed E-state index contributed by atoms with van der Waals surface area (Å²) in [6, 6.07) is 2.75. The van der Waals surface area contributed by atoms with Crippen LogP contribution in [0.4, 0.5) is 4.79 Å². The van der Waals surface area contributed by atoms with Gasteiger partial charge in [0.05, 0.1) is 11.7 Å².